The lowest BCUT2D eigenvalue weighted by Crippen LogP contribution is -2.53. The summed E-state index contributed by atoms with van der Waals surface area (Å²) in [4.78, 5) is 25.4. The van der Waals surface area contributed by atoms with Gasteiger partial charge in [0.1, 0.15) is 11.8 Å². The molecule has 0 aromatic heterocycles. The number of piperidine rings is 1. The Balaban J connectivity index is 1.99. The molecule has 1 saturated heterocycles. The van der Waals surface area contributed by atoms with Gasteiger partial charge in [-0.25, -0.2) is 0 Å². The largest absolute Gasteiger partial charge is 0.497 e. The molecule has 1 unspecified atom stereocenters. The van der Waals surface area contributed by atoms with Crippen LogP contribution >= 0.6 is 0 Å². The first-order valence-corrected chi connectivity index (χ1v) is 9.83. The highest BCUT2D eigenvalue weighted by molar-refractivity contribution is 5.97. The van der Waals surface area contributed by atoms with Crippen LogP contribution in [0.1, 0.15) is 37.0 Å². The van der Waals surface area contributed by atoms with Gasteiger partial charge in [-0.1, -0.05) is 13.8 Å². The van der Waals surface area contributed by atoms with Crippen molar-refractivity contribution in [3.8, 4) is 5.75 Å². The topological polar surface area (TPSA) is 88.7 Å². The zero-order valence-corrected chi connectivity index (χ0v) is 17.3. The van der Waals surface area contributed by atoms with Crippen LogP contribution < -0.4 is 20.7 Å². The lowest BCUT2D eigenvalue weighted by Gasteiger charge is -2.37. The molecule has 0 aliphatic carbocycles. The van der Waals surface area contributed by atoms with Crippen LogP contribution in [0.25, 0.3) is 0 Å². The Bertz CT molecular complexity index is 634. The normalized spacial score (nSPS) is 17.0. The second-order valence-electron chi connectivity index (χ2n) is 7.82. The average molecular weight is 392 g/mol. The van der Waals surface area contributed by atoms with Gasteiger partial charge in [-0.15, -0.1) is 0 Å². The zero-order chi connectivity index (χ0) is 20.6. The summed E-state index contributed by atoms with van der Waals surface area (Å²) < 4.78 is 10.5. The zero-order valence-electron chi connectivity index (χ0n) is 17.3. The van der Waals surface area contributed by atoms with E-state index in [9.17, 15) is 9.59 Å². The van der Waals surface area contributed by atoms with Crippen LogP contribution in [0.3, 0.4) is 0 Å². The maximum absolute atomic E-state index is 12.8. The number of carbonyl (C=O) groups is 2. The van der Waals surface area contributed by atoms with E-state index in [-0.39, 0.29) is 23.1 Å². The summed E-state index contributed by atoms with van der Waals surface area (Å²) in [5, 5.41) is 9.26. The molecule has 0 saturated carbocycles. The second kappa shape index (κ2) is 10.4. The third kappa shape index (κ3) is 5.94. The van der Waals surface area contributed by atoms with Crippen LogP contribution in [0.5, 0.6) is 5.75 Å². The van der Waals surface area contributed by atoms with Crippen molar-refractivity contribution in [1.29, 1.82) is 0 Å². The Kier molecular flexibility index (Phi) is 8.26. The molecule has 0 bridgehead atoms. The fraction of sp³-hybridized carbons (Fsp3) is 0.619. The monoisotopic (exact) mass is 391 g/mol. The average Bonchev–Trinajstić information content (AvgIpc) is 2.71. The van der Waals surface area contributed by atoms with E-state index in [0.29, 0.717) is 24.5 Å². The smallest absolute Gasteiger partial charge is 0.251 e. The molecule has 156 valence electrons. The van der Waals surface area contributed by atoms with Gasteiger partial charge in [-0.3, -0.25) is 9.59 Å². The minimum Gasteiger partial charge on any atom is -0.497 e. The van der Waals surface area contributed by atoms with Crippen molar-refractivity contribution in [2.75, 3.05) is 40.5 Å². The van der Waals surface area contributed by atoms with Crippen LogP contribution in [0, 0.1) is 11.3 Å². The summed E-state index contributed by atoms with van der Waals surface area (Å²) in [6.07, 6.45) is 1.90. The summed E-state index contributed by atoms with van der Waals surface area (Å²) in [7, 11) is 3.27. The molecule has 7 nitrogen and oxygen atoms in total. The number of benzene rings is 1. The maximum atomic E-state index is 12.8. The van der Waals surface area contributed by atoms with Gasteiger partial charge >= 0.3 is 0 Å². The summed E-state index contributed by atoms with van der Waals surface area (Å²) in [5.41, 5.74) is 0.436. The molecular formula is C21H33N3O4. The van der Waals surface area contributed by atoms with Gasteiger partial charge in [-0.05, 0) is 56.1 Å². The Morgan fingerprint density at radius 1 is 1.14 bits per heavy atom. The van der Waals surface area contributed by atoms with E-state index in [0.717, 1.165) is 25.9 Å². The quantitative estimate of drug-likeness (QED) is 0.595. The number of hydrogen-bond donors (Lipinski definition) is 3. The van der Waals surface area contributed by atoms with Gasteiger partial charge in [0, 0.05) is 24.6 Å². The molecule has 2 amide bonds. The molecule has 1 aliphatic heterocycles. The van der Waals surface area contributed by atoms with Crippen molar-refractivity contribution in [3.05, 3.63) is 29.8 Å². The molecule has 1 fully saturated rings. The summed E-state index contributed by atoms with van der Waals surface area (Å²) >= 11 is 0. The highest BCUT2D eigenvalue weighted by atomic mass is 16.5. The minimum absolute atomic E-state index is 0.0337. The van der Waals surface area contributed by atoms with Crippen molar-refractivity contribution >= 4 is 11.8 Å². The van der Waals surface area contributed by atoms with E-state index in [2.05, 4.69) is 16.0 Å². The van der Waals surface area contributed by atoms with E-state index in [1.54, 1.807) is 38.5 Å². The third-order valence-electron chi connectivity index (χ3n) is 5.34. The predicted octanol–water partition coefficient (Wildman–Crippen LogP) is 1.58. The summed E-state index contributed by atoms with van der Waals surface area (Å²) in [5.74, 6) is 0.213. The maximum Gasteiger partial charge on any atom is 0.251 e. The second-order valence-corrected chi connectivity index (χ2v) is 7.82. The molecule has 0 radical (unpaired) electrons. The van der Waals surface area contributed by atoms with Crippen molar-refractivity contribution < 1.29 is 19.1 Å². The Morgan fingerprint density at radius 3 is 2.32 bits per heavy atom. The molecule has 7 heteroatoms. The Hall–Kier alpha value is -2.12. The molecule has 1 aliphatic rings. The molecule has 1 aromatic rings. The molecule has 1 aromatic carbocycles. The van der Waals surface area contributed by atoms with Crippen LogP contribution in [0.2, 0.25) is 0 Å². The Labute approximate surface area is 167 Å². The van der Waals surface area contributed by atoms with Crippen LogP contribution in [0.4, 0.5) is 0 Å². The van der Waals surface area contributed by atoms with Gasteiger partial charge in [0.2, 0.25) is 5.91 Å². The number of rotatable bonds is 9. The number of methoxy groups -OCH3 is 2. The number of amides is 2. The molecule has 3 N–H and O–H groups in total. The predicted molar refractivity (Wildman–Crippen MR) is 109 cm³/mol. The van der Waals surface area contributed by atoms with Gasteiger partial charge in [0.05, 0.1) is 13.7 Å². The van der Waals surface area contributed by atoms with Crippen molar-refractivity contribution in [1.82, 2.24) is 16.0 Å². The standard InChI is InChI=1S/C21H33N3O4/c1-15(2)18(24-19(25)16-5-7-17(28-4)8-6-16)20(26)23-13-21(14-27-3)9-11-22-12-10-21/h5-8,15,18,22H,9-14H2,1-4H3,(H,23,26)(H,24,25). The molecule has 1 heterocycles. The molecule has 1 atom stereocenters. The molecule has 2 rings (SSSR count). The van der Waals surface area contributed by atoms with Gasteiger partial charge in [-0.2, -0.15) is 0 Å². The third-order valence-corrected chi connectivity index (χ3v) is 5.34. The van der Waals surface area contributed by atoms with E-state index >= 15 is 0 Å². The molecular weight excluding hydrogens is 358 g/mol. The number of ether oxygens (including phenoxy) is 2. The lowest BCUT2D eigenvalue weighted by molar-refractivity contribution is -0.124. The molecule has 28 heavy (non-hydrogen) atoms. The highest BCUT2D eigenvalue weighted by Gasteiger charge is 2.34. The van der Waals surface area contributed by atoms with E-state index in [4.69, 9.17) is 9.47 Å². The number of carbonyl (C=O) groups excluding carboxylic acids is 2. The fourth-order valence-electron chi connectivity index (χ4n) is 3.52. The first-order chi connectivity index (χ1) is 13.4. The minimum atomic E-state index is -0.601. The SMILES string of the molecule is COCC1(CNC(=O)C(NC(=O)c2ccc(OC)cc2)C(C)C)CCNCC1. The van der Waals surface area contributed by atoms with Crippen LogP contribution in [-0.4, -0.2) is 58.3 Å². The fourth-order valence-corrected chi connectivity index (χ4v) is 3.52. The summed E-state index contributed by atoms with van der Waals surface area (Å²) in [6.45, 7) is 6.84. The highest BCUT2D eigenvalue weighted by Crippen LogP contribution is 2.28. The van der Waals surface area contributed by atoms with Crippen molar-refractivity contribution in [3.63, 3.8) is 0 Å². The van der Waals surface area contributed by atoms with Gasteiger partial charge in [0.15, 0.2) is 0 Å². The van der Waals surface area contributed by atoms with Crippen molar-refractivity contribution in [2.24, 2.45) is 11.3 Å². The van der Waals surface area contributed by atoms with Crippen LogP contribution in [0.15, 0.2) is 24.3 Å². The lowest BCUT2D eigenvalue weighted by atomic mass is 9.79. The first-order valence-electron chi connectivity index (χ1n) is 9.83. The van der Waals surface area contributed by atoms with Gasteiger partial charge < -0.3 is 25.4 Å². The Morgan fingerprint density at radius 2 is 1.79 bits per heavy atom. The summed E-state index contributed by atoms with van der Waals surface area (Å²) in [6, 6.07) is 6.23. The van der Waals surface area contributed by atoms with E-state index in [1.807, 2.05) is 13.8 Å². The first kappa shape index (κ1) is 22.2. The van der Waals surface area contributed by atoms with E-state index < -0.39 is 6.04 Å². The van der Waals surface area contributed by atoms with Crippen LogP contribution in [-0.2, 0) is 9.53 Å². The van der Waals surface area contributed by atoms with Crippen molar-refractivity contribution in [2.45, 2.75) is 32.7 Å². The number of nitrogens with one attached hydrogen (secondary N) is 3. The van der Waals surface area contributed by atoms with Gasteiger partial charge in [0.25, 0.3) is 5.91 Å². The van der Waals surface area contributed by atoms with E-state index in [1.165, 1.54) is 0 Å². The molecule has 0 spiro atoms. The number of hydrogen-bond acceptors (Lipinski definition) is 5.